The fraction of sp³-hybridized carbons (Fsp3) is 0.750. The average Bonchev–Trinajstić information content (AvgIpc) is 2.60. The standard InChI is InChI=1S/C12H24N4O2S/c1-5-16(19(4,17)18)8-6-7-13-9-12-10-15(3)14-11(12)2/h10,13H,5-9H2,1-4H3. The zero-order valence-electron chi connectivity index (χ0n) is 12.2. The summed E-state index contributed by atoms with van der Waals surface area (Å²) in [7, 11) is -1.16. The lowest BCUT2D eigenvalue weighted by Crippen LogP contribution is -2.32. The van der Waals surface area contributed by atoms with Crippen LogP contribution in [-0.4, -0.2) is 48.4 Å². The second-order valence-electron chi connectivity index (χ2n) is 4.70. The van der Waals surface area contributed by atoms with Gasteiger partial charge in [0.2, 0.25) is 10.0 Å². The Hall–Kier alpha value is -0.920. The molecule has 1 aromatic rings. The summed E-state index contributed by atoms with van der Waals surface area (Å²) >= 11 is 0. The highest BCUT2D eigenvalue weighted by Crippen LogP contribution is 2.04. The molecule has 0 fully saturated rings. The molecule has 0 aliphatic heterocycles. The smallest absolute Gasteiger partial charge is 0.211 e. The number of aryl methyl sites for hydroxylation is 2. The van der Waals surface area contributed by atoms with Gasteiger partial charge in [-0.2, -0.15) is 5.10 Å². The molecule has 0 aliphatic carbocycles. The van der Waals surface area contributed by atoms with Crippen LogP contribution in [0.25, 0.3) is 0 Å². The van der Waals surface area contributed by atoms with Gasteiger partial charge in [-0.15, -0.1) is 0 Å². The largest absolute Gasteiger partial charge is 0.312 e. The maximum atomic E-state index is 11.4. The lowest BCUT2D eigenvalue weighted by molar-refractivity contribution is 0.419. The number of aromatic nitrogens is 2. The van der Waals surface area contributed by atoms with Crippen LogP contribution in [-0.2, 0) is 23.6 Å². The quantitative estimate of drug-likeness (QED) is 0.707. The maximum Gasteiger partial charge on any atom is 0.211 e. The molecule has 0 saturated heterocycles. The van der Waals surface area contributed by atoms with E-state index in [9.17, 15) is 8.42 Å². The molecule has 1 heterocycles. The summed E-state index contributed by atoms with van der Waals surface area (Å²) in [5.74, 6) is 0. The molecule has 0 atom stereocenters. The highest BCUT2D eigenvalue weighted by atomic mass is 32.2. The van der Waals surface area contributed by atoms with E-state index in [1.807, 2.05) is 27.1 Å². The Kier molecular flexibility index (Phi) is 5.96. The molecule has 0 aliphatic rings. The van der Waals surface area contributed by atoms with E-state index in [0.717, 1.165) is 25.2 Å². The summed E-state index contributed by atoms with van der Waals surface area (Å²) in [5.41, 5.74) is 2.21. The molecule has 1 rings (SSSR count). The summed E-state index contributed by atoms with van der Waals surface area (Å²) < 4.78 is 26.1. The molecule has 0 radical (unpaired) electrons. The predicted octanol–water partition coefficient (Wildman–Crippen LogP) is 0.490. The first-order valence-corrected chi connectivity index (χ1v) is 8.34. The number of hydrogen-bond donors (Lipinski definition) is 1. The molecule has 1 aromatic heterocycles. The van der Waals surface area contributed by atoms with Gasteiger partial charge in [0.15, 0.2) is 0 Å². The van der Waals surface area contributed by atoms with Crippen LogP contribution in [0, 0.1) is 6.92 Å². The van der Waals surface area contributed by atoms with Gasteiger partial charge in [-0.3, -0.25) is 4.68 Å². The minimum atomic E-state index is -3.07. The molecular weight excluding hydrogens is 264 g/mol. The summed E-state index contributed by atoms with van der Waals surface area (Å²) in [6.45, 7) is 6.49. The van der Waals surface area contributed by atoms with E-state index in [1.165, 1.54) is 16.1 Å². The second-order valence-corrected chi connectivity index (χ2v) is 6.68. The Bertz CT molecular complexity index is 496. The Morgan fingerprint density at radius 2 is 2.16 bits per heavy atom. The van der Waals surface area contributed by atoms with Crippen LogP contribution in [0.1, 0.15) is 24.6 Å². The molecule has 0 aromatic carbocycles. The third kappa shape index (κ3) is 5.30. The summed E-state index contributed by atoms with van der Waals surface area (Å²) in [6.07, 6.45) is 4.06. The van der Waals surface area contributed by atoms with Gasteiger partial charge in [0.1, 0.15) is 0 Å². The minimum Gasteiger partial charge on any atom is -0.312 e. The van der Waals surface area contributed by atoms with Crippen LogP contribution in [0.5, 0.6) is 0 Å². The van der Waals surface area contributed by atoms with Gasteiger partial charge >= 0.3 is 0 Å². The van der Waals surface area contributed by atoms with Crippen molar-refractivity contribution in [2.24, 2.45) is 7.05 Å². The monoisotopic (exact) mass is 288 g/mol. The lowest BCUT2D eigenvalue weighted by Gasteiger charge is -2.17. The van der Waals surface area contributed by atoms with E-state index in [0.29, 0.717) is 13.1 Å². The van der Waals surface area contributed by atoms with Gasteiger partial charge in [-0.05, 0) is 19.9 Å². The van der Waals surface area contributed by atoms with Gasteiger partial charge in [0.25, 0.3) is 0 Å². The molecule has 1 N–H and O–H groups in total. The number of nitrogens with one attached hydrogen (secondary N) is 1. The van der Waals surface area contributed by atoms with Crippen molar-refractivity contribution in [3.05, 3.63) is 17.5 Å². The first-order chi connectivity index (χ1) is 8.84. The Labute approximate surface area is 115 Å². The molecule has 110 valence electrons. The minimum absolute atomic E-state index is 0.528. The zero-order valence-corrected chi connectivity index (χ0v) is 13.0. The van der Waals surface area contributed by atoms with Crippen molar-refractivity contribution in [3.63, 3.8) is 0 Å². The molecule has 0 unspecified atom stereocenters. The first kappa shape index (κ1) is 16.1. The average molecular weight is 288 g/mol. The van der Waals surface area contributed by atoms with E-state index in [4.69, 9.17) is 0 Å². The van der Waals surface area contributed by atoms with Crippen molar-refractivity contribution < 1.29 is 8.42 Å². The lowest BCUT2D eigenvalue weighted by atomic mass is 10.2. The molecular formula is C12H24N4O2S. The number of sulfonamides is 1. The SMILES string of the molecule is CCN(CCCNCc1cn(C)nc1C)S(C)(=O)=O. The Balaban J connectivity index is 2.26. The zero-order chi connectivity index (χ0) is 14.5. The number of hydrogen-bond acceptors (Lipinski definition) is 4. The summed E-state index contributed by atoms with van der Waals surface area (Å²) in [4.78, 5) is 0. The molecule has 0 saturated carbocycles. The van der Waals surface area contributed by atoms with Crippen molar-refractivity contribution in [2.45, 2.75) is 26.8 Å². The van der Waals surface area contributed by atoms with Crippen molar-refractivity contribution in [1.29, 1.82) is 0 Å². The van der Waals surface area contributed by atoms with E-state index in [2.05, 4.69) is 10.4 Å². The van der Waals surface area contributed by atoms with Crippen molar-refractivity contribution in [2.75, 3.05) is 25.9 Å². The Morgan fingerprint density at radius 3 is 2.63 bits per heavy atom. The topological polar surface area (TPSA) is 67.2 Å². The third-order valence-electron chi connectivity index (χ3n) is 3.01. The predicted molar refractivity (Wildman–Crippen MR) is 76.4 cm³/mol. The number of rotatable bonds is 8. The van der Waals surface area contributed by atoms with Crippen molar-refractivity contribution in [1.82, 2.24) is 19.4 Å². The van der Waals surface area contributed by atoms with Crippen LogP contribution >= 0.6 is 0 Å². The van der Waals surface area contributed by atoms with Gasteiger partial charge in [-0.1, -0.05) is 6.92 Å². The molecule has 19 heavy (non-hydrogen) atoms. The van der Waals surface area contributed by atoms with Gasteiger partial charge < -0.3 is 5.32 Å². The van der Waals surface area contributed by atoms with Gasteiger partial charge in [0.05, 0.1) is 11.9 Å². The van der Waals surface area contributed by atoms with Crippen LogP contribution in [0.3, 0.4) is 0 Å². The van der Waals surface area contributed by atoms with Crippen LogP contribution in [0.15, 0.2) is 6.20 Å². The normalized spacial score (nSPS) is 12.3. The van der Waals surface area contributed by atoms with E-state index < -0.39 is 10.0 Å². The van der Waals surface area contributed by atoms with E-state index >= 15 is 0 Å². The van der Waals surface area contributed by atoms with Crippen LogP contribution < -0.4 is 5.32 Å². The van der Waals surface area contributed by atoms with Gasteiger partial charge in [-0.25, -0.2) is 12.7 Å². The Morgan fingerprint density at radius 1 is 1.47 bits per heavy atom. The first-order valence-electron chi connectivity index (χ1n) is 6.49. The number of nitrogens with zero attached hydrogens (tertiary/aromatic N) is 3. The highest BCUT2D eigenvalue weighted by molar-refractivity contribution is 7.88. The molecule has 6 nitrogen and oxygen atoms in total. The summed E-state index contributed by atoms with van der Waals surface area (Å²) in [5, 5.41) is 7.58. The van der Waals surface area contributed by atoms with E-state index in [1.54, 1.807) is 4.68 Å². The molecule has 7 heteroatoms. The maximum absolute atomic E-state index is 11.4. The molecule has 0 amide bonds. The van der Waals surface area contributed by atoms with Crippen molar-refractivity contribution in [3.8, 4) is 0 Å². The fourth-order valence-corrected chi connectivity index (χ4v) is 2.91. The third-order valence-corrected chi connectivity index (χ3v) is 4.39. The van der Waals surface area contributed by atoms with Crippen LogP contribution in [0.4, 0.5) is 0 Å². The molecule has 0 spiro atoms. The van der Waals surface area contributed by atoms with Crippen molar-refractivity contribution >= 4 is 10.0 Å². The molecule has 0 bridgehead atoms. The summed E-state index contributed by atoms with van der Waals surface area (Å²) in [6, 6.07) is 0. The van der Waals surface area contributed by atoms with Gasteiger partial charge in [0, 0.05) is 38.4 Å². The highest BCUT2D eigenvalue weighted by Gasteiger charge is 2.12. The fourth-order valence-electron chi connectivity index (χ4n) is 1.98. The van der Waals surface area contributed by atoms with E-state index in [-0.39, 0.29) is 0 Å². The van der Waals surface area contributed by atoms with Crippen LogP contribution in [0.2, 0.25) is 0 Å². The second kappa shape index (κ2) is 7.02.